The molecule has 0 atom stereocenters. The van der Waals surface area contributed by atoms with Crippen molar-refractivity contribution in [3.05, 3.63) is 30.1 Å². The fourth-order valence-electron chi connectivity index (χ4n) is 2.16. The lowest BCUT2D eigenvalue weighted by Gasteiger charge is -2.35. The molecule has 0 unspecified atom stereocenters. The number of nitrogens with zero attached hydrogens (tertiary/aromatic N) is 3. The summed E-state index contributed by atoms with van der Waals surface area (Å²) in [5, 5.41) is 7.00. The van der Waals surface area contributed by atoms with Crippen molar-refractivity contribution in [3.63, 3.8) is 0 Å². The lowest BCUT2D eigenvalue weighted by atomic mass is 10.2. The van der Waals surface area contributed by atoms with E-state index in [1.165, 1.54) is 5.56 Å². The molecule has 2 heterocycles. The number of aliphatic hydroxyl groups excluding tert-OH is 1. The molecule has 0 spiro atoms. The normalized spacial score (nSPS) is 14.5. The fraction of sp³-hybridized carbons (Fsp3) is 0.556. The third-order valence-electron chi connectivity index (χ3n) is 3.15. The van der Waals surface area contributed by atoms with Gasteiger partial charge in [-0.1, -0.05) is 6.07 Å². The predicted molar refractivity (Wildman–Crippen MR) is 95.4 cm³/mol. The molecule has 0 bridgehead atoms. The van der Waals surface area contributed by atoms with Gasteiger partial charge in [0, 0.05) is 52.2 Å². The van der Waals surface area contributed by atoms with Crippen LogP contribution >= 0.6 is 0 Å². The summed E-state index contributed by atoms with van der Waals surface area (Å²) in [6.07, 6.45) is 11.5. The third-order valence-corrected chi connectivity index (χ3v) is 3.15. The van der Waals surface area contributed by atoms with Crippen molar-refractivity contribution in [2.24, 2.45) is 0 Å². The molecule has 0 aromatic carbocycles. The second-order valence-electron chi connectivity index (χ2n) is 6.10. The van der Waals surface area contributed by atoms with Gasteiger partial charge in [0.2, 0.25) is 0 Å². The van der Waals surface area contributed by atoms with Crippen LogP contribution in [-0.2, 0) is 11.3 Å². The van der Waals surface area contributed by atoms with Gasteiger partial charge in [0.15, 0.2) is 0 Å². The van der Waals surface area contributed by atoms with E-state index in [9.17, 15) is 4.79 Å². The average Bonchev–Trinajstić information content (AvgIpc) is 2.58. The summed E-state index contributed by atoms with van der Waals surface area (Å²) in [7, 11) is 1.00. The van der Waals surface area contributed by atoms with E-state index >= 15 is 0 Å². The Labute approximate surface area is 145 Å². The first kappa shape index (κ1) is 21.9. The Bertz CT molecular complexity index is 475. The van der Waals surface area contributed by atoms with Crippen LogP contribution in [0, 0.1) is 12.8 Å². The van der Waals surface area contributed by atoms with Crippen molar-refractivity contribution in [3.8, 4) is 12.8 Å². The van der Waals surface area contributed by atoms with Crippen molar-refractivity contribution >= 4 is 6.09 Å². The quantitative estimate of drug-likeness (QED) is 0.837. The van der Waals surface area contributed by atoms with Crippen LogP contribution in [0.25, 0.3) is 0 Å². The molecule has 6 nitrogen and oxygen atoms in total. The molecule has 6 heteroatoms. The van der Waals surface area contributed by atoms with E-state index < -0.39 is 5.60 Å². The topological polar surface area (TPSA) is 65.9 Å². The van der Waals surface area contributed by atoms with Crippen molar-refractivity contribution in [2.75, 3.05) is 33.3 Å². The molecule has 1 amide bonds. The summed E-state index contributed by atoms with van der Waals surface area (Å²) in [5.74, 6) is 0. The molecule has 1 fully saturated rings. The van der Waals surface area contributed by atoms with Crippen LogP contribution < -0.4 is 0 Å². The molecule has 0 aliphatic carbocycles. The number of ether oxygens (including phenoxy) is 1. The van der Waals surface area contributed by atoms with Gasteiger partial charge in [-0.15, -0.1) is 12.8 Å². The SMILES string of the molecule is C#C.CC(C)(C)OC(=O)N1CCN(Cc2cccnc2)CC1.CO. The van der Waals surface area contributed by atoms with E-state index in [4.69, 9.17) is 9.84 Å². The summed E-state index contributed by atoms with van der Waals surface area (Å²) < 4.78 is 5.39. The first-order valence-electron chi connectivity index (χ1n) is 7.81. The number of pyridine rings is 1. The number of hydrogen-bond donors (Lipinski definition) is 1. The monoisotopic (exact) mass is 335 g/mol. The molecule has 0 saturated carbocycles. The summed E-state index contributed by atoms with van der Waals surface area (Å²) in [4.78, 5) is 20.2. The maximum absolute atomic E-state index is 12.0. The Balaban J connectivity index is 0.00000123. The molecule has 1 aromatic heterocycles. The molecule has 1 saturated heterocycles. The first-order valence-corrected chi connectivity index (χ1v) is 7.81. The van der Waals surface area contributed by atoms with E-state index in [1.54, 1.807) is 11.1 Å². The molecule has 0 radical (unpaired) electrons. The minimum absolute atomic E-state index is 0.210. The third kappa shape index (κ3) is 8.51. The molecular weight excluding hydrogens is 306 g/mol. The minimum atomic E-state index is -0.427. The second kappa shape index (κ2) is 11.4. The van der Waals surface area contributed by atoms with Crippen LogP contribution in [-0.4, -0.2) is 64.9 Å². The zero-order chi connectivity index (χ0) is 18.6. The van der Waals surface area contributed by atoms with Crippen molar-refractivity contribution < 1.29 is 14.6 Å². The average molecular weight is 335 g/mol. The number of carbonyl (C=O) groups excluding carboxylic acids is 1. The van der Waals surface area contributed by atoms with E-state index in [0.29, 0.717) is 0 Å². The van der Waals surface area contributed by atoms with Gasteiger partial charge in [0.05, 0.1) is 0 Å². The van der Waals surface area contributed by atoms with E-state index in [0.717, 1.165) is 39.8 Å². The molecule has 24 heavy (non-hydrogen) atoms. The fourth-order valence-corrected chi connectivity index (χ4v) is 2.16. The number of amides is 1. The standard InChI is InChI=1S/C15H23N3O2.C2H2.CH4O/c1-15(2,3)20-14(19)18-9-7-17(8-10-18)12-13-5-4-6-16-11-13;2*1-2/h4-6,11H,7-10,12H2,1-3H3;1-2H;2H,1H3. The van der Waals surface area contributed by atoms with Crippen molar-refractivity contribution in [1.82, 2.24) is 14.8 Å². The number of hydrogen-bond acceptors (Lipinski definition) is 5. The Morgan fingerprint density at radius 3 is 2.29 bits per heavy atom. The van der Waals surface area contributed by atoms with Gasteiger partial charge in [-0.25, -0.2) is 4.79 Å². The molecule has 134 valence electrons. The van der Waals surface area contributed by atoms with Crippen LogP contribution in [0.3, 0.4) is 0 Å². The van der Waals surface area contributed by atoms with Gasteiger partial charge in [-0.3, -0.25) is 9.88 Å². The number of terminal acetylenes is 1. The van der Waals surface area contributed by atoms with E-state index in [1.807, 2.05) is 33.0 Å². The smallest absolute Gasteiger partial charge is 0.410 e. The van der Waals surface area contributed by atoms with Crippen molar-refractivity contribution in [1.29, 1.82) is 0 Å². The molecule has 1 aromatic rings. The van der Waals surface area contributed by atoms with Gasteiger partial charge >= 0.3 is 6.09 Å². The zero-order valence-electron chi connectivity index (χ0n) is 15.1. The highest BCUT2D eigenvalue weighted by atomic mass is 16.6. The predicted octanol–water partition coefficient (Wildman–Crippen LogP) is 1.99. The summed E-state index contributed by atoms with van der Waals surface area (Å²) in [6, 6.07) is 4.03. The second-order valence-corrected chi connectivity index (χ2v) is 6.10. The van der Waals surface area contributed by atoms with Gasteiger partial charge in [-0.05, 0) is 32.4 Å². The molecule has 1 aliphatic rings. The van der Waals surface area contributed by atoms with Crippen LogP contribution in [0.2, 0.25) is 0 Å². The Kier molecular flexibility index (Phi) is 10.4. The van der Waals surface area contributed by atoms with Crippen LogP contribution in [0.15, 0.2) is 24.5 Å². The Morgan fingerprint density at radius 2 is 1.83 bits per heavy atom. The van der Waals surface area contributed by atoms with Gasteiger partial charge < -0.3 is 14.7 Å². The first-order chi connectivity index (χ1) is 11.4. The number of aromatic nitrogens is 1. The highest BCUT2D eigenvalue weighted by Crippen LogP contribution is 2.13. The number of aliphatic hydroxyl groups is 1. The van der Waals surface area contributed by atoms with Gasteiger partial charge in [0.25, 0.3) is 0 Å². The summed E-state index contributed by atoms with van der Waals surface area (Å²) >= 11 is 0. The Hall–Kier alpha value is -2.10. The van der Waals surface area contributed by atoms with Crippen LogP contribution in [0.5, 0.6) is 0 Å². The highest BCUT2D eigenvalue weighted by Gasteiger charge is 2.25. The van der Waals surface area contributed by atoms with Crippen molar-refractivity contribution in [2.45, 2.75) is 32.9 Å². The maximum Gasteiger partial charge on any atom is 0.410 e. The van der Waals surface area contributed by atoms with Crippen LogP contribution in [0.4, 0.5) is 4.79 Å². The molecule has 1 N–H and O–H groups in total. The zero-order valence-corrected chi connectivity index (χ0v) is 15.1. The lowest BCUT2D eigenvalue weighted by molar-refractivity contribution is 0.0139. The summed E-state index contributed by atoms with van der Waals surface area (Å²) in [6.45, 7) is 9.74. The molecular formula is C18H29N3O3. The minimum Gasteiger partial charge on any atom is -0.444 e. The van der Waals surface area contributed by atoms with Gasteiger partial charge in [-0.2, -0.15) is 0 Å². The maximum atomic E-state index is 12.0. The number of rotatable bonds is 2. The largest absolute Gasteiger partial charge is 0.444 e. The Morgan fingerprint density at radius 1 is 1.25 bits per heavy atom. The number of piperazine rings is 1. The molecule has 2 rings (SSSR count). The van der Waals surface area contributed by atoms with E-state index in [2.05, 4.69) is 28.8 Å². The van der Waals surface area contributed by atoms with E-state index in [-0.39, 0.29) is 6.09 Å². The highest BCUT2D eigenvalue weighted by molar-refractivity contribution is 5.68. The molecule has 1 aliphatic heterocycles. The summed E-state index contributed by atoms with van der Waals surface area (Å²) in [5.41, 5.74) is 0.780. The van der Waals surface area contributed by atoms with Crippen LogP contribution in [0.1, 0.15) is 26.3 Å². The lowest BCUT2D eigenvalue weighted by Crippen LogP contribution is -2.49. The van der Waals surface area contributed by atoms with Gasteiger partial charge in [0.1, 0.15) is 5.60 Å². The number of carbonyl (C=O) groups is 1.